The van der Waals surface area contributed by atoms with Gasteiger partial charge in [-0.05, 0) is 38.0 Å². The van der Waals surface area contributed by atoms with Gasteiger partial charge in [0.15, 0.2) is 5.11 Å². The smallest absolute Gasteiger partial charge is 0.189 e. The molecule has 0 amide bonds. The predicted molar refractivity (Wildman–Crippen MR) is 108 cm³/mol. The molecule has 0 aliphatic heterocycles. The highest BCUT2D eigenvalue weighted by molar-refractivity contribution is 7.80. The quantitative estimate of drug-likeness (QED) is 0.357. The molecule has 1 N–H and O–H groups in total. The van der Waals surface area contributed by atoms with E-state index >= 15 is 0 Å². The van der Waals surface area contributed by atoms with Crippen LogP contribution in [0.4, 0.5) is 0 Å². The van der Waals surface area contributed by atoms with Crippen molar-refractivity contribution in [2.45, 2.75) is 40.2 Å². The standard InChI is InChI=1S/C19H27N5S/c1-5-6-12-20-19(25)23(4)21-13-18-15(2)22-24(16(18)3)14-17-10-8-7-9-11-17/h7-11,13H,5-6,12,14H2,1-4H3,(H,20,25)/b21-13+. The van der Waals surface area contributed by atoms with Crippen molar-refractivity contribution in [3.8, 4) is 0 Å². The van der Waals surface area contributed by atoms with Crippen molar-refractivity contribution in [1.82, 2.24) is 20.1 Å². The van der Waals surface area contributed by atoms with E-state index in [9.17, 15) is 0 Å². The summed E-state index contributed by atoms with van der Waals surface area (Å²) in [4.78, 5) is 0. The minimum absolute atomic E-state index is 0.636. The van der Waals surface area contributed by atoms with Crippen molar-refractivity contribution in [1.29, 1.82) is 0 Å². The van der Waals surface area contributed by atoms with Crippen molar-refractivity contribution < 1.29 is 0 Å². The minimum Gasteiger partial charge on any atom is -0.361 e. The second-order valence-corrected chi connectivity index (χ2v) is 6.47. The zero-order valence-electron chi connectivity index (χ0n) is 15.5. The van der Waals surface area contributed by atoms with Crippen LogP contribution in [-0.2, 0) is 6.54 Å². The van der Waals surface area contributed by atoms with Gasteiger partial charge in [-0.1, -0.05) is 43.7 Å². The van der Waals surface area contributed by atoms with Crippen LogP contribution in [-0.4, -0.2) is 39.7 Å². The van der Waals surface area contributed by atoms with Crippen molar-refractivity contribution in [2.75, 3.05) is 13.6 Å². The molecule has 0 fully saturated rings. The number of hydrogen-bond acceptors (Lipinski definition) is 3. The van der Waals surface area contributed by atoms with E-state index in [1.54, 1.807) is 5.01 Å². The first kappa shape index (κ1) is 19.1. The average Bonchev–Trinajstić information content (AvgIpc) is 2.87. The molecule has 0 radical (unpaired) electrons. The van der Waals surface area contributed by atoms with E-state index < -0.39 is 0 Å². The second kappa shape index (κ2) is 9.32. The molecule has 0 saturated heterocycles. The van der Waals surface area contributed by atoms with Crippen LogP contribution in [0, 0.1) is 13.8 Å². The molecule has 134 valence electrons. The molecule has 25 heavy (non-hydrogen) atoms. The van der Waals surface area contributed by atoms with Gasteiger partial charge in [0.05, 0.1) is 18.5 Å². The Morgan fingerprint density at radius 1 is 1.32 bits per heavy atom. The maximum atomic E-state index is 5.34. The Morgan fingerprint density at radius 2 is 2.04 bits per heavy atom. The van der Waals surface area contributed by atoms with Gasteiger partial charge < -0.3 is 5.32 Å². The zero-order chi connectivity index (χ0) is 18.2. The number of rotatable bonds is 7. The lowest BCUT2D eigenvalue weighted by molar-refractivity contribution is 0.529. The van der Waals surface area contributed by atoms with Gasteiger partial charge in [-0.25, -0.2) is 5.01 Å². The fourth-order valence-electron chi connectivity index (χ4n) is 2.49. The summed E-state index contributed by atoms with van der Waals surface area (Å²) in [5.74, 6) is 0. The molecule has 0 saturated carbocycles. The highest BCUT2D eigenvalue weighted by atomic mass is 32.1. The molecular weight excluding hydrogens is 330 g/mol. The summed E-state index contributed by atoms with van der Waals surface area (Å²) >= 11 is 5.34. The first-order chi connectivity index (χ1) is 12.0. The number of aryl methyl sites for hydroxylation is 1. The fraction of sp³-hybridized carbons (Fsp3) is 0.421. The van der Waals surface area contributed by atoms with Gasteiger partial charge in [-0.2, -0.15) is 10.2 Å². The molecule has 0 aliphatic rings. The lowest BCUT2D eigenvalue weighted by Gasteiger charge is -2.15. The van der Waals surface area contributed by atoms with Gasteiger partial charge in [-0.15, -0.1) is 0 Å². The Morgan fingerprint density at radius 3 is 2.72 bits per heavy atom. The van der Waals surface area contributed by atoms with Gasteiger partial charge in [0.2, 0.25) is 0 Å². The van der Waals surface area contributed by atoms with Gasteiger partial charge >= 0.3 is 0 Å². The molecule has 0 spiro atoms. The van der Waals surface area contributed by atoms with Gasteiger partial charge in [0, 0.05) is 24.8 Å². The molecule has 1 aromatic heterocycles. The molecule has 6 heteroatoms. The summed E-state index contributed by atoms with van der Waals surface area (Å²) in [6.07, 6.45) is 4.08. The molecule has 0 unspecified atom stereocenters. The van der Waals surface area contributed by atoms with Crippen LogP contribution in [0.2, 0.25) is 0 Å². The van der Waals surface area contributed by atoms with E-state index in [2.05, 4.69) is 41.5 Å². The Balaban J connectivity index is 2.05. The number of hydrazone groups is 1. The molecule has 2 rings (SSSR count). The fourth-order valence-corrected chi connectivity index (χ4v) is 2.64. The molecule has 1 heterocycles. The normalized spacial score (nSPS) is 11.0. The Hall–Kier alpha value is -2.21. The van der Waals surface area contributed by atoms with Crippen molar-refractivity contribution in [3.05, 3.63) is 52.8 Å². The van der Waals surface area contributed by atoms with Crippen LogP contribution >= 0.6 is 12.2 Å². The van der Waals surface area contributed by atoms with E-state index in [-0.39, 0.29) is 0 Å². The van der Waals surface area contributed by atoms with Crippen LogP contribution in [0.25, 0.3) is 0 Å². The lowest BCUT2D eigenvalue weighted by atomic mass is 10.2. The number of nitrogens with one attached hydrogen (secondary N) is 1. The molecule has 0 atom stereocenters. The molecule has 1 aromatic carbocycles. The highest BCUT2D eigenvalue weighted by Crippen LogP contribution is 2.13. The topological polar surface area (TPSA) is 45.4 Å². The molecule has 0 bridgehead atoms. The molecule has 2 aromatic rings. The third-order valence-corrected chi connectivity index (χ3v) is 4.48. The minimum atomic E-state index is 0.636. The number of unbranched alkanes of at least 4 members (excludes halogenated alkanes) is 1. The summed E-state index contributed by atoms with van der Waals surface area (Å²) in [5, 5.41) is 14.7. The predicted octanol–water partition coefficient (Wildman–Crippen LogP) is 3.49. The van der Waals surface area contributed by atoms with E-state index in [0.717, 1.165) is 42.9 Å². The summed E-state index contributed by atoms with van der Waals surface area (Å²) in [6, 6.07) is 10.3. The average molecular weight is 358 g/mol. The van der Waals surface area contributed by atoms with Crippen molar-refractivity contribution in [3.63, 3.8) is 0 Å². The molecule has 5 nitrogen and oxygen atoms in total. The van der Waals surface area contributed by atoms with E-state index in [1.165, 1.54) is 5.56 Å². The maximum Gasteiger partial charge on any atom is 0.189 e. The van der Waals surface area contributed by atoms with Crippen LogP contribution in [0.5, 0.6) is 0 Å². The van der Waals surface area contributed by atoms with Crippen LogP contribution < -0.4 is 5.32 Å². The van der Waals surface area contributed by atoms with Crippen LogP contribution in [0.3, 0.4) is 0 Å². The monoisotopic (exact) mass is 357 g/mol. The third kappa shape index (κ3) is 5.39. The first-order valence-corrected chi connectivity index (χ1v) is 9.07. The SMILES string of the molecule is CCCCNC(=S)N(C)/N=C/c1c(C)nn(Cc2ccccc2)c1C. The number of thiocarbonyl (C=S) groups is 1. The van der Waals surface area contributed by atoms with Gasteiger partial charge in [0.1, 0.15) is 0 Å². The summed E-state index contributed by atoms with van der Waals surface area (Å²) in [6.45, 7) is 7.87. The largest absolute Gasteiger partial charge is 0.361 e. The highest BCUT2D eigenvalue weighted by Gasteiger charge is 2.10. The number of aromatic nitrogens is 2. The summed E-state index contributed by atoms with van der Waals surface area (Å²) < 4.78 is 2.02. The summed E-state index contributed by atoms with van der Waals surface area (Å²) in [7, 11) is 1.86. The molecule has 0 aliphatic carbocycles. The second-order valence-electron chi connectivity index (χ2n) is 6.08. The number of nitrogens with zero attached hydrogens (tertiary/aromatic N) is 4. The Kier molecular flexibility index (Phi) is 7.13. The van der Waals surface area contributed by atoms with Gasteiger partial charge in [-0.3, -0.25) is 4.68 Å². The number of benzene rings is 1. The van der Waals surface area contributed by atoms with Crippen LogP contribution in [0.15, 0.2) is 35.4 Å². The third-order valence-electron chi connectivity index (χ3n) is 4.07. The van der Waals surface area contributed by atoms with Crippen molar-refractivity contribution in [2.24, 2.45) is 5.10 Å². The van der Waals surface area contributed by atoms with E-state index in [0.29, 0.717) is 5.11 Å². The first-order valence-electron chi connectivity index (χ1n) is 8.66. The Labute approximate surface area is 155 Å². The maximum absolute atomic E-state index is 5.34. The van der Waals surface area contributed by atoms with Crippen LogP contribution in [0.1, 0.15) is 42.3 Å². The van der Waals surface area contributed by atoms with E-state index in [1.807, 2.05) is 43.1 Å². The lowest BCUT2D eigenvalue weighted by Crippen LogP contribution is -2.34. The van der Waals surface area contributed by atoms with E-state index in [4.69, 9.17) is 12.2 Å². The Bertz CT molecular complexity index is 721. The molecular formula is C19H27N5S. The van der Waals surface area contributed by atoms with Gasteiger partial charge in [0.25, 0.3) is 0 Å². The summed E-state index contributed by atoms with van der Waals surface area (Å²) in [5.41, 5.74) is 4.34. The zero-order valence-corrected chi connectivity index (χ0v) is 16.3. The van der Waals surface area contributed by atoms with Crippen molar-refractivity contribution >= 4 is 23.5 Å². The number of hydrogen-bond donors (Lipinski definition) is 1.